The van der Waals surface area contributed by atoms with Gasteiger partial charge in [0.2, 0.25) is 0 Å². The highest BCUT2D eigenvalue weighted by atomic mass is 16.5. The van der Waals surface area contributed by atoms with Crippen molar-refractivity contribution in [2.45, 2.75) is 51.9 Å². The van der Waals surface area contributed by atoms with Crippen LogP contribution in [0.5, 0.6) is 5.75 Å². The Morgan fingerprint density at radius 3 is 2.52 bits per heavy atom. The van der Waals surface area contributed by atoms with Crippen LogP contribution in [0.1, 0.15) is 65.2 Å². The van der Waals surface area contributed by atoms with Crippen LogP contribution in [-0.2, 0) is 24.1 Å². The quantitative estimate of drug-likeness (QED) is 0.520. The molecule has 3 rings (SSSR count). The van der Waals surface area contributed by atoms with E-state index in [0.29, 0.717) is 35.5 Å². The number of ether oxygens (including phenoxy) is 1. The predicted molar refractivity (Wildman–Crippen MR) is 105 cm³/mol. The van der Waals surface area contributed by atoms with Crippen LogP contribution in [-0.4, -0.2) is 23.5 Å². The molecule has 0 unspecified atom stereocenters. The Hall–Kier alpha value is -2.62. The van der Waals surface area contributed by atoms with Gasteiger partial charge in [0.25, 0.3) is 0 Å². The van der Waals surface area contributed by atoms with Crippen LogP contribution in [0.3, 0.4) is 0 Å². The fraction of sp³-hybridized carbons (Fsp3) is 0.391. The number of fused-ring (bicyclic) bond motifs is 1. The molecule has 142 valence electrons. The molecule has 0 bridgehead atoms. The Morgan fingerprint density at radius 1 is 1.04 bits per heavy atom. The molecule has 0 amide bonds. The van der Waals surface area contributed by atoms with Gasteiger partial charge in [-0.15, -0.1) is 0 Å². The molecule has 0 aliphatic carbocycles. The van der Waals surface area contributed by atoms with Crippen molar-refractivity contribution in [3.05, 3.63) is 64.2 Å². The summed E-state index contributed by atoms with van der Waals surface area (Å²) in [4.78, 5) is 24.1. The maximum absolute atomic E-state index is 13.0. The lowest BCUT2D eigenvalue weighted by Crippen LogP contribution is -2.07. The zero-order chi connectivity index (χ0) is 19.2. The molecule has 0 saturated heterocycles. The number of carbonyl (C=O) groups is 2. The summed E-state index contributed by atoms with van der Waals surface area (Å²) in [5.41, 5.74) is 3.88. The Bertz CT molecular complexity index is 821. The van der Waals surface area contributed by atoms with E-state index in [1.807, 2.05) is 30.3 Å². The summed E-state index contributed by atoms with van der Waals surface area (Å²) in [6.07, 6.45) is 6.52. The summed E-state index contributed by atoms with van der Waals surface area (Å²) in [6, 6.07) is 11.3. The van der Waals surface area contributed by atoms with Gasteiger partial charge in [0.05, 0.1) is 18.6 Å². The zero-order valence-electron chi connectivity index (χ0n) is 15.8. The van der Waals surface area contributed by atoms with Gasteiger partial charge in [-0.2, -0.15) is 0 Å². The number of ketones is 1. The van der Waals surface area contributed by atoms with Crippen LogP contribution in [0.25, 0.3) is 0 Å². The third kappa shape index (κ3) is 4.76. The summed E-state index contributed by atoms with van der Waals surface area (Å²) in [6.45, 7) is 2.73. The van der Waals surface area contributed by atoms with Gasteiger partial charge < -0.3 is 9.84 Å². The molecule has 4 nitrogen and oxygen atoms in total. The highest BCUT2D eigenvalue weighted by molar-refractivity contribution is 6.11. The minimum Gasteiger partial charge on any atom is -0.492 e. The second-order valence-electron chi connectivity index (χ2n) is 7.14. The van der Waals surface area contributed by atoms with Crippen LogP contribution in [0, 0.1) is 0 Å². The van der Waals surface area contributed by atoms with Crippen molar-refractivity contribution >= 4 is 11.8 Å². The maximum Gasteiger partial charge on any atom is 0.307 e. The lowest BCUT2D eigenvalue weighted by Gasteiger charge is -2.10. The number of carboxylic acid groups (broad SMARTS) is 1. The monoisotopic (exact) mass is 366 g/mol. The number of aryl methyl sites for hydroxylation is 1. The molecule has 0 radical (unpaired) electrons. The van der Waals surface area contributed by atoms with Gasteiger partial charge in [0.15, 0.2) is 5.78 Å². The lowest BCUT2D eigenvalue weighted by atomic mass is 9.95. The zero-order valence-corrected chi connectivity index (χ0v) is 15.8. The number of rotatable bonds is 9. The number of carbonyl (C=O) groups excluding carboxylic acids is 1. The van der Waals surface area contributed by atoms with E-state index < -0.39 is 5.97 Å². The van der Waals surface area contributed by atoms with Crippen LogP contribution in [0.2, 0.25) is 0 Å². The van der Waals surface area contributed by atoms with Crippen LogP contribution >= 0.6 is 0 Å². The topological polar surface area (TPSA) is 63.6 Å². The van der Waals surface area contributed by atoms with E-state index in [-0.39, 0.29) is 12.2 Å². The number of hydrogen-bond donors (Lipinski definition) is 1. The molecular formula is C23H26O4. The van der Waals surface area contributed by atoms with Gasteiger partial charge in [-0.1, -0.05) is 56.5 Å². The first-order chi connectivity index (χ1) is 13.1. The summed E-state index contributed by atoms with van der Waals surface area (Å²) >= 11 is 0. The summed E-state index contributed by atoms with van der Waals surface area (Å²) in [5.74, 6) is -0.407. The Morgan fingerprint density at radius 2 is 1.81 bits per heavy atom. The van der Waals surface area contributed by atoms with Gasteiger partial charge in [-0.3, -0.25) is 9.59 Å². The molecule has 2 aromatic rings. The number of benzene rings is 2. The first-order valence-electron chi connectivity index (χ1n) is 9.72. The standard InChI is InChI=1S/C23H26O4/c1-2-3-4-5-6-16-7-9-18(10-8-16)22(26)20-14-17(15-21(24)25)13-19-11-12-27-23(19)20/h7-10,13-14H,2-6,11-12,15H2,1H3,(H,24,25). The van der Waals surface area contributed by atoms with Crippen molar-refractivity contribution in [3.63, 3.8) is 0 Å². The molecular weight excluding hydrogens is 340 g/mol. The molecule has 1 aliphatic heterocycles. The molecule has 2 aromatic carbocycles. The van der Waals surface area contributed by atoms with Gasteiger partial charge in [0, 0.05) is 12.0 Å². The minimum absolute atomic E-state index is 0.0930. The summed E-state index contributed by atoms with van der Waals surface area (Å²) in [7, 11) is 0. The number of carboxylic acids is 1. The van der Waals surface area contributed by atoms with Crippen molar-refractivity contribution < 1.29 is 19.4 Å². The predicted octanol–water partition coefficient (Wildman–Crippen LogP) is 4.60. The van der Waals surface area contributed by atoms with E-state index >= 15 is 0 Å². The minimum atomic E-state index is -0.903. The summed E-state index contributed by atoms with van der Waals surface area (Å²) in [5, 5.41) is 9.08. The van der Waals surface area contributed by atoms with E-state index in [4.69, 9.17) is 9.84 Å². The van der Waals surface area contributed by atoms with Crippen molar-refractivity contribution in [2.24, 2.45) is 0 Å². The Labute approximate surface area is 160 Å². The van der Waals surface area contributed by atoms with Gasteiger partial charge in [-0.05, 0) is 35.6 Å². The molecule has 27 heavy (non-hydrogen) atoms. The molecule has 4 heteroatoms. The lowest BCUT2D eigenvalue weighted by molar-refractivity contribution is -0.136. The smallest absolute Gasteiger partial charge is 0.307 e. The first kappa shape index (κ1) is 19.2. The number of hydrogen-bond acceptors (Lipinski definition) is 3. The average molecular weight is 366 g/mol. The van der Waals surface area contributed by atoms with E-state index in [1.54, 1.807) is 6.07 Å². The van der Waals surface area contributed by atoms with Crippen molar-refractivity contribution in [3.8, 4) is 5.75 Å². The van der Waals surface area contributed by atoms with E-state index in [2.05, 4.69) is 6.92 Å². The second kappa shape index (κ2) is 8.85. The molecule has 0 aromatic heterocycles. The van der Waals surface area contributed by atoms with Crippen LogP contribution < -0.4 is 4.74 Å². The van der Waals surface area contributed by atoms with E-state index in [0.717, 1.165) is 12.0 Å². The largest absolute Gasteiger partial charge is 0.492 e. The molecule has 1 aliphatic rings. The average Bonchev–Trinajstić information content (AvgIpc) is 3.12. The van der Waals surface area contributed by atoms with Crippen molar-refractivity contribution in [1.82, 2.24) is 0 Å². The highest BCUT2D eigenvalue weighted by Gasteiger charge is 2.23. The molecule has 1 heterocycles. The Balaban J connectivity index is 1.79. The molecule has 0 saturated carbocycles. The van der Waals surface area contributed by atoms with Gasteiger partial charge in [0.1, 0.15) is 5.75 Å². The SMILES string of the molecule is CCCCCCc1ccc(C(=O)c2cc(CC(=O)O)cc3c2OCC3)cc1. The fourth-order valence-corrected chi connectivity index (χ4v) is 3.55. The first-order valence-corrected chi connectivity index (χ1v) is 9.72. The highest BCUT2D eigenvalue weighted by Crippen LogP contribution is 2.33. The molecule has 0 atom stereocenters. The summed E-state index contributed by atoms with van der Waals surface area (Å²) < 4.78 is 5.66. The number of aliphatic carboxylic acids is 1. The van der Waals surface area contributed by atoms with E-state index in [1.165, 1.54) is 31.2 Å². The van der Waals surface area contributed by atoms with Gasteiger partial charge >= 0.3 is 5.97 Å². The van der Waals surface area contributed by atoms with E-state index in [9.17, 15) is 9.59 Å². The van der Waals surface area contributed by atoms with Crippen molar-refractivity contribution in [2.75, 3.05) is 6.61 Å². The molecule has 0 spiro atoms. The van der Waals surface area contributed by atoms with Crippen LogP contribution in [0.15, 0.2) is 36.4 Å². The third-order valence-corrected chi connectivity index (χ3v) is 4.98. The number of unbranched alkanes of at least 4 members (excludes halogenated alkanes) is 3. The normalized spacial score (nSPS) is 12.5. The second-order valence-corrected chi connectivity index (χ2v) is 7.14. The maximum atomic E-state index is 13.0. The van der Waals surface area contributed by atoms with Gasteiger partial charge in [-0.25, -0.2) is 0 Å². The Kier molecular flexibility index (Phi) is 6.28. The fourth-order valence-electron chi connectivity index (χ4n) is 3.55. The molecule has 0 fully saturated rings. The molecule has 1 N–H and O–H groups in total. The van der Waals surface area contributed by atoms with Crippen LogP contribution in [0.4, 0.5) is 0 Å². The van der Waals surface area contributed by atoms with Crippen molar-refractivity contribution in [1.29, 1.82) is 0 Å². The third-order valence-electron chi connectivity index (χ3n) is 4.98.